The molecule has 2 heterocycles. The van der Waals surface area contributed by atoms with Gasteiger partial charge in [-0.3, -0.25) is 4.79 Å². The fraction of sp³-hybridized carbons (Fsp3) is 0.158. The van der Waals surface area contributed by atoms with Gasteiger partial charge >= 0.3 is 0 Å². The second kappa shape index (κ2) is 7.09. The number of carbonyl (C=O) groups is 1. The first-order chi connectivity index (χ1) is 12.0. The minimum Gasteiger partial charge on any atom is -0.426 e. The van der Waals surface area contributed by atoms with E-state index in [1.165, 1.54) is 0 Å². The van der Waals surface area contributed by atoms with Crippen LogP contribution in [-0.2, 0) is 6.54 Å². The number of benzene rings is 1. The molecule has 6 heteroatoms. The highest BCUT2D eigenvalue weighted by molar-refractivity contribution is 5.91. The molecule has 0 atom stereocenters. The van der Waals surface area contributed by atoms with Crippen LogP contribution in [0, 0.1) is 13.8 Å². The first-order valence-corrected chi connectivity index (χ1v) is 7.86. The maximum atomic E-state index is 12.3. The molecule has 0 fully saturated rings. The van der Waals surface area contributed by atoms with Gasteiger partial charge in [-0.05, 0) is 49.2 Å². The van der Waals surface area contributed by atoms with Gasteiger partial charge in [0.2, 0.25) is 0 Å². The topological polar surface area (TPSA) is 90.4 Å². The zero-order valence-electron chi connectivity index (χ0n) is 14.1. The summed E-state index contributed by atoms with van der Waals surface area (Å²) in [6.07, 6.45) is 0. The normalized spacial score (nSPS) is 10.5. The lowest BCUT2D eigenvalue weighted by Crippen LogP contribution is -2.23. The number of nitrogens with one attached hydrogen (secondary N) is 1. The van der Waals surface area contributed by atoms with E-state index in [9.17, 15) is 4.79 Å². The Bertz CT molecular complexity index is 865. The van der Waals surface area contributed by atoms with Gasteiger partial charge in [-0.25, -0.2) is 4.98 Å². The number of pyridine rings is 1. The monoisotopic (exact) mass is 337 g/mol. The molecule has 2 aromatic heterocycles. The number of hydrogen-bond acceptors (Lipinski definition) is 5. The lowest BCUT2D eigenvalue weighted by molar-refractivity contribution is 0.0918. The summed E-state index contributed by atoms with van der Waals surface area (Å²) >= 11 is 0. The van der Waals surface area contributed by atoms with Crippen molar-refractivity contribution >= 4 is 11.7 Å². The van der Waals surface area contributed by atoms with Crippen molar-refractivity contribution in [3.05, 3.63) is 71.1 Å². The fourth-order valence-corrected chi connectivity index (χ4v) is 2.51. The highest BCUT2D eigenvalue weighted by atomic mass is 16.6. The average Bonchev–Trinajstić information content (AvgIpc) is 3.03. The van der Waals surface area contributed by atoms with Crippen molar-refractivity contribution in [3.63, 3.8) is 0 Å². The molecule has 0 aliphatic heterocycles. The highest BCUT2D eigenvalue weighted by Crippen LogP contribution is 2.23. The van der Waals surface area contributed by atoms with E-state index in [2.05, 4.69) is 10.3 Å². The van der Waals surface area contributed by atoms with E-state index in [0.717, 1.165) is 16.8 Å². The molecule has 3 N–H and O–H groups in total. The molecule has 25 heavy (non-hydrogen) atoms. The number of para-hydroxylation sites is 1. The minimum atomic E-state index is -0.321. The molecule has 1 amide bonds. The molecule has 0 unspecified atom stereocenters. The molecular weight excluding hydrogens is 318 g/mol. The molecule has 0 spiro atoms. The van der Waals surface area contributed by atoms with Crippen LogP contribution in [0.2, 0.25) is 0 Å². The van der Waals surface area contributed by atoms with Crippen molar-refractivity contribution < 1.29 is 13.9 Å². The first-order valence-electron chi connectivity index (χ1n) is 7.86. The lowest BCUT2D eigenvalue weighted by atomic mass is 10.1. The average molecular weight is 337 g/mol. The van der Waals surface area contributed by atoms with E-state index in [-0.39, 0.29) is 17.6 Å². The predicted octanol–water partition coefficient (Wildman–Crippen LogP) is 3.60. The number of furan rings is 1. The van der Waals surface area contributed by atoms with Crippen molar-refractivity contribution in [3.8, 4) is 11.7 Å². The second-order valence-corrected chi connectivity index (χ2v) is 5.64. The van der Waals surface area contributed by atoms with Crippen molar-refractivity contribution in [2.75, 3.05) is 5.73 Å². The Kier molecular flexibility index (Phi) is 4.70. The molecule has 0 aliphatic carbocycles. The standard InChI is InChI=1S/C19H19N3O3/c1-12-10-17(20)22-13(2)15(12)11-21-19(23)16-8-9-18(25-16)24-14-6-4-3-5-7-14/h3-10H,11H2,1-2H3,(H2,20,22)(H,21,23). The van der Waals surface area contributed by atoms with Crippen LogP contribution in [0.3, 0.4) is 0 Å². The maximum Gasteiger partial charge on any atom is 0.290 e. The SMILES string of the molecule is Cc1cc(N)nc(C)c1CNC(=O)c1ccc(Oc2ccccc2)o1. The largest absolute Gasteiger partial charge is 0.426 e. The molecular formula is C19H19N3O3. The Labute approximate surface area is 145 Å². The number of nitrogens with two attached hydrogens (primary N) is 1. The number of aryl methyl sites for hydroxylation is 2. The second-order valence-electron chi connectivity index (χ2n) is 5.64. The molecule has 0 bridgehead atoms. The summed E-state index contributed by atoms with van der Waals surface area (Å²) in [6, 6.07) is 14.2. The van der Waals surface area contributed by atoms with Crippen LogP contribution in [-0.4, -0.2) is 10.9 Å². The maximum absolute atomic E-state index is 12.3. The van der Waals surface area contributed by atoms with Crippen LogP contribution in [0.5, 0.6) is 11.7 Å². The molecule has 1 aromatic carbocycles. The highest BCUT2D eigenvalue weighted by Gasteiger charge is 2.14. The zero-order valence-corrected chi connectivity index (χ0v) is 14.1. The van der Waals surface area contributed by atoms with Crippen LogP contribution < -0.4 is 15.8 Å². The quantitative estimate of drug-likeness (QED) is 0.742. The number of rotatable bonds is 5. The Balaban J connectivity index is 1.64. The Morgan fingerprint density at radius 2 is 1.96 bits per heavy atom. The van der Waals surface area contributed by atoms with Crippen molar-refractivity contribution in [1.29, 1.82) is 0 Å². The number of aromatic nitrogens is 1. The molecule has 0 saturated carbocycles. The molecule has 0 aliphatic rings. The third kappa shape index (κ3) is 3.98. The summed E-state index contributed by atoms with van der Waals surface area (Å²) in [5.74, 6) is 1.24. The van der Waals surface area contributed by atoms with E-state index >= 15 is 0 Å². The number of nitrogens with zero attached hydrogens (tertiary/aromatic N) is 1. The molecule has 128 valence electrons. The van der Waals surface area contributed by atoms with Crippen LogP contribution in [0.25, 0.3) is 0 Å². The summed E-state index contributed by atoms with van der Waals surface area (Å²) < 4.78 is 11.0. The third-order valence-corrected chi connectivity index (χ3v) is 3.77. The van der Waals surface area contributed by atoms with Crippen molar-refractivity contribution in [2.45, 2.75) is 20.4 Å². The van der Waals surface area contributed by atoms with Crippen LogP contribution in [0.1, 0.15) is 27.4 Å². The summed E-state index contributed by atoms with van der Waals surface area (Å²) in [5, 5.41) is 2.82. The van der Waals surface area contributed by atoms with Crippen molar-refractivity contribution in [1.82, 2.24) is 10.3 Å². The van der Waals surface area contributed by atoms with E-state index < -0.39 is 0 Å². The van der Waals surface area contributed by atoms with Gasteiger partial charge in [-0.1, -0.05) is 18.2 Å². The van der Waals surface area contributed by atoms with Gasteiger partial charge in [-0.2, -0.15) is 0 Å². The van der Waals surface area contributed by atoms with Gasteiger partial charge in [-0.15, -0.1) is 0 Å². The predicted molar refractivity (Wildman–Crippen MR) is 94.5 cm³/mol. The summed E-state index contributed by atoms with van der Waals surface area (Å²) in [5.41, 5.74) is 8.43. The summed E-state index contributed by atoms with van der Waals surface area (Å²) in [4.78, 5) is 16.5. The van der Waals surface area contributed by atoms with Gasteiger partial charge in [0.15, 0.2) is 5.76 Å². The first kappa shape index (κ1) is 16.6. The van der Waals surface area contributed by atoms with Gasteiger partial charge in [0.05, 0.1) is 0 Å². The number of nitrogen functional groups attached to an aromatic ring is 1. The number of anilines is 1. The summed E-state index contributed by atoms with van der Waals surface area (Å²) in [7, 11) is 0. The number of hydrogen-bond donors (Lipinski definition) is 2. The molecule has 0 radical (unpaired) electrons. The molecule has 3 aromatic rings. The Hall–Kier alpha value is -3.28. The smallest absolute Gasteiger partial charge is 0.290 e. The van der Waals surface area contributed by atoms with Gasteiger partial charge < -0.3 is 20.2 Å². The van der Waals surface area contributed by atoms with E-state index in [1.807, 2.05) is 44.2 Å². The number of amides is 1. The lowest BCUT2D eigenvalue weighted by Gasteiger charge is -2.10. The number of carbonyl (C=O) groups excluding carboxylic acids is 1. The zero-order chi connectivity index (χ0) is 17.8. The van der Waals surface area contributed by atoms with E-state index in [1.54, 1.807) is 18.2 Å². The van der Waals surface area contributed by atoms with Gasteiger partial charge in [0.1, 0.15) is 11.6 Å². The number of ether oxygens (including phenoxy) is 1. The van der Waals surface area contributed by atoms with Crippen LogP contribution >= 0.6 is 0 Å². The fourth-order valence-electron chi connectivity index (χ4n) is 2.51. The van der Waals surface area contributed by atoms with E-state index in [0.29, 0.717) is 18.1 Å². The molecule has 3 rings (SSSR count). The Morgan fingerprint density at radius 3 is 2.68 bits per heavy atom. The van der Waals surface area contributed by atoms with E-state index in [4.69, 9.17) is 14.9 Å². The van der Waals surface area contributed by atoms with Crippen LogP contribution in [0.15, 0.2) is 52.9 Å². The van der Waals surface area contributed by atoms with Crippen LogP contribution in [0.4, 0.5) is 5.82 Å². The summed E-state index contributed by atoms with van der Waals surface area (Å²) in [6.45, 7) is 4.15. The van der Waals surface area contributed by atoms with Gasteiger partial charge in [0.25, 0.3) is 11.9 Å². The third-order valence-electron chi connectivity index (χ3n) is 3.77. The van der Waals surface area contributed by atoms with Gasteiger partial charge in [0, 0.05) is 18.3 Å². The molecule has 6 nitrogen and oxygen atoms in total. The molecule has 0 saturated heterocycles. The Morgan fingerprint density at radius 1 is 1.20 bits per heavy atom. The minimum absolute atomic E-state index is 0.185. The van der Waals surface area contributed by atoms with Crippen molar-refractivity contribution in [2.24, 2.45) is 0 Å².